The molecule has 0 saturated carbocycles. The van der Waals surface area contributed by atoms with Gasteiger partial charge in [0, 0.05) is 25.3 Å². The number of likely N-dealkylation sites (N-methyl/N-ethyl adjacent to an activating group) is 1. The Labute approximate surface area is 208 Å². The molecular weight excluding hydrogens is 440 g/mol. The summed E-state index contributed by atoms with van der Waals surface area (Å²) in [6.07, 6.45) is 7.46. The number of piperidine rings is 1. The van der Waals surface area contributed by atoms with Crippen LogP contribution in [0.3, 0.4) is 0 Å². The SMILES string of the molecule is CCN(CC)CC1CCCCN1CCCCNC(=O)N1c2ccccc2C(=O)Nc2cccnc21. The van der Waals surface area contributed by atoms with E-state index in [9.17, 15) is 9.59 Å². The lowest BCUT2D eigenvalue weighted by molar-refractivity contribution is 0.102. The minimum atomic E-state index is -0.272. The minimum Gasteiger partial charge on any atom is -0.337 e. The normalized spacial score (nSPS) is 18.0. The summed E-state index contributed by atoms with van der Waals surface area (Å²) in [4.78, 5) is 37.1. The van der Waals surface area contributed by atoms with Gasteiger partial charge in [-0.25, -0.2) is 14.7 Å². The molecule has 8 nitrogen and oxygen atoms in total. The van der Waals surface area contributed by atoms with Crippen molar-refractivity contribution in [3.63, 3.8) is 0 Å². The van der Waals surface area contributed by atoms with E-state index in [0.29, 0.717) is 35.3 Å². The molecule has 1 aromatic heterocycles. The van der Waals surface area contributed by atoms with E-state index in [2.05, 4.69) is 39.3 Å². The van der Waals surface area contributed by atoms with Gasteiger partial charge < -0.3 is 15.5 Å². The van der Waals surface area contributed by atoms with Crippen LogP contribution in [0.4, 0.5) is 22.0 Å². The highest BCUT2D eigenvalue weighted by Crippen LogP contribution is 2.36. The molecule has 4 rings (SSSR count). The van der Waals surface area contributed by atoms with E-state index < -0.39 is 0 Å². The number of carbonyl (C=O) groups is 2. The van der Waals surface area contributed by atoms with Gasteiger partial charge >= 0.3 is 6.03 Å². The van der Waals surface area contributed by atoms with Crippen LogP contribution in [0.15, 0.2) is 42.6 Å². The Kier molecular flexibility index (Phi) is 8.71. The van der Waals surface area contributed by atoms with E-state index in [0.717, 1.165) is 39.0 Å². The molecule has 8 heteroatoms. The lowest BCUT2D eigenvalue weighted by atomic mass is 10.0. The molecule has 0 radical (unpaired) electrons. The maximum Gasteiger partial charge on any atom is 0.327 e. The van der Waals surface area contributed by atoms with Crippen molar-refractivity contribution in [2.24, 2.45) is 0 Å². The largest absolute Gasteiger partial charge is 0.337 e. The number of para-hydroxylation sites is 1. The van der Waals surface area contributed by atoms with Gasteiger partial charge in [-0.3, -0.25) is 9.69 Å². The highest BCUT2D eigenvalue weighted by molar-refractivity contribution is 6.16. The zero-order valence-corrected chi connectivity index (χ0v) is 21.0. The molecular formula is C27H38N6O2. The van der Waals surface area contributed by atoms with Gasteiger partial charge in [0.2, 0.25) is 0 Å². The van der Waals surface area contributed by atoms with E-state index in [1.165, 1.54) is 30.7 Å². The summed E-state index contributed by atoms with van der Waals surface area (Å²) in [6, 6.07) is 11.0. The number of anilines is 3. The average molecular weight is 479 g/mol. The molecule has 0 spiro atoms. The van der Waals surface area contributed by atoms with Gasteiger partial charge in [-0.05, 0) is 76.1 Å². The Balaban J connectivity index is 1.34. The van der Waals surface area contributed by atoms with Crippen molar-refractivity contribution in [3.8, 4) is 0 Å². The first-order valence-electron chi connectivity index (χ1n) is 13.0. The molecule has 3 heterocycles. The number of unbranched alkanes of at least 4 members (excludes halogenated alkanes) is 1. The van der Waals surface area contributed by atoms with Gasteiger partial charge in [0.1, 0.15) is 0 Å². The third-order valence-electron chi connectivity index (χ3n) is 7.10. The number of pyridine rings is 1. The van der Waals surface area contributed by atoms with Gasteiger partial charge in [-0.2, -0.15) is 0 Å². The number of urea groups is 1. The van der Waals surface area contributed by atoms with Gasteiger partial charge in [-0.15, -0.1) is 0 Å². The Morgan fingerprint density at radius 3 is 2.80 bits per heavy atom. The van der Waals surface area contributed by atoms with Crippen molar-refractivity contribution in [1.82, 2.24) is 20.1 Å². The molecule has 1 unspecified atom stereocenters. The molecule has 3 amide bonds. The summed E-state index contributed by atoms with van der Waals surface area (Å²) < 4.78 is 0. The maximum atomic E-state index is 13.3. The number of carbonyl (C=O) groups excluding carboxylic acids is 2. The molecule has 2 aliphatic rings. The van der Waals surface area contributed by atoms with Crippen molar-refractivity contribution in [1.29, 1.82) is 0 Å². The topological polar surface area (TPSA) is 80.8 Å². The summed E-state index contributed by atoms with van der Waals surface area (Å²) >= 11 is 0. The van der Waals surface area contributed by atoms with Crippen molar-refractivity contribution in [2.45, 2.75) is 52.0 Å². The van der Waals surface area contributed by atoms with E-state index in [-0.39, 0.29) is 11.9 Å². The molecule has 2 aromatic rings. The van der Waals surface area contributed by atoms with Crippen LogP contribution < -0.4 is 15.5 Å². The number of hydrogen-bond donors (Lipinski definition) is 2. The number of hydrogen-bond acceptors (Lipinski definition) is 5. The lowest BCUT2D eigenvalue weighted by Gasteiger charge is -2.38. The molecule has 1 aromatic carbocycles. The number of amides is 3. The Morgan fingerprint density at radius 1 is 1.14 bits per heavy atom. The molecule has 35 heavy (non-hydrogen) atoms. The minimum absolute atomic E-state index is 0.244. The zero-order chi connectivity index (χ0) is 24.6. The number of likely N-dealkylation sites (tertiary alicyclic amines) is 1. The molecule has 2 aliphatic heterocycles. The Bertz CT molecular complexity index is 1010. The van der Waals surface area contributed by atoms with Crippen LogP contribution in [-0.2, 0) is 0 Å². The van der Waals surface area contributed by atoms with Crippen LogP contribution in [0.2, 0.25) is 0 Å². The third kappa shape index (κ3) is 6.00. The molecule has 1 atom stereocenters. The zero-order valence-electron chi connectivity index (χ0n) is 21.0. The van der Waals surface area contributed by atoms with E-state index in [1.807, 2.05) is 6.07 Å². The summed E-state index contributed by atoms with van der Waals surface area (Å²) in [6.45, 7) is 10.7. The monoisotopic (exact) mass is 478 g/mol. The predicted molar refractivity (Wildman–Crippen MR) is 140 cm³/mol. The average Bonchev–Trinajstić information content (AvgIpc) is 3.01. The highest BCUT2D eigenvalue weighted by atomic mass is 16.2. The second-order valence-electron chi connectivity index (χ2n) is 9.29. The van der Waals surface area contributed by atoms with E-state index in [1.54, 1.807) is 36.5 Å². The fourth-order valence-electron chi connectivity index (χ4n) is 5.10. The van der Waals surface area contributed by atoms with Crippen molar-refractivity contribution < 1.29 is 9.59 Å². The fraction of sp³-hybridized carbons (Fsp3) is 0.519. The predicted octanol–water partition coefficient (Wildman–Crippen LogP) is 4.47. The standard InChI is InChI=1S/C27H38N6O2/c1-3-31(4-2)20-21-12-7-9-18-32(21)19-10-8-16-29-27(35)33-24-15-6-5-13-22(24)26(34)30-23-14-11-17-28-25(23)33/h5-6,11,13-15,17,21H,3-4,7-10,12,16,18-20H2,1-2H3,(H,29,35)(H,30,34). The van der Waals surface area contributed by atoms with Crippen LogP contribution in [0.5, 0.6) is 0 Å². The summed E-state index contributed by atoms with van der Waals surface area (Å²) in [5, 5.41) is 5.93. The van der Waals surface area contributed by atoms with Crippen LogP contribution in [0, 0.1) is 0 Å². The number of fused-ring (bicyclic) bond motifs is 2. The lowest BCUT2D eigenvalue weighted by Crippen LogP contribution is -2.47. The number of nitrogens with one attached hydrogen (secondary N) is 2. The van der Waals surface area contributed by atoms with Gasteiger partial charge in [0.05, 0.1) is 16.9 Å². The fourth-order valence-corrected chi connectivity index (χ4v) is 5.10. The van der Waals surface area contributed by atoms with Crippen LogP contribution in [0.25, 0.3) is 0 Å². The molecule has 188 valence electrons. The third-order valence-corrected chi connectivity index (χ3v) is 7.10. The van der Waals surface area contributed by atoms with Crippen molar-refractivity contribution >= 4 is 29.1 Å². The summed E-state index contributed by atoms with van der Waals surface area (Å²) in [5.74, 6) is 0.182. The number of nitrogens with zero attached hydrogens (tertiary/aromatic N) is 4. The van der Waals surface area contributed by atoms with Crippen LogP contribution >= 0.6 is 0 Å². The number of rotatable bonds is 9. The summed E-state index contributed by atoms with van der Waals surface area (Å²) in [5.41, 5.74) is 1.51. The van der Waals surface area contributed by atoms with E-state index in [4.69, 9.17) is 0 Å². The molecule has 0 bridgehead atoms. The Hall–Kier alpha value is -2.97. The molecule has 0 aliphatic carbocycles. The van der Waals surface area contributed by atoms with Crippen molar-refractivity contribution in [3.05, 3.63) is 48.2 Å². The van der Waals surface area contributed by atoms with Crippen LogP contribution in [-0.4, -0.2) is 72.0 Å². The van der Waals surface area contributed by atoms with Gasteiger partial charge in [0.15, 0.2) is 5.82 Å². The smallest absolute Gasteiger partial charge is 0.327 e. The molecule has 1 fully saturated rings. The van der Waals surface area contributed by atoms with Gasteiger partial charge in [0.25, 0.3) is 5.91 Å². The molecule has 1 saturated heterocycles. The molecule has 2 N–H and O–H groups in total. The number of aromatic nitrogens is 1. The van der Waals surface area contributed by atoms with Gasteiger partial charge in [-0.1, -0.05) is 32.4 Å². The highest BCUT2D eigenvalue weighted by Gasteiger charge is 2.30. The summed E-state index contributed by atoms with van der Waals surface area (Å²) in [7, 11) is 0. The Morgan fingerprint density at radius 2 is 1.97 bits per heavy atom. The quantitative estimate of drug-likeness (QED) is 0.520. The second-order valence-corrected chi connectivity index (χ2v) is 9.29. The van der Waals surface area contributed by atoms with Crippen molar-refractivity contribution in [2.75, 3.05) is 49.5 Å². The first kappa shape index (κ1) is 25.1. The maximum absolute atomic E-state index is 13.3. The second kappa shape index (κ2) is 12.1. The first-order chi connectivity index (χ1) is 17.1. The van der Waals surface area contributed by atoms with E-state index >= 15 is 0 Å². The first-order valence-corrected chi connectivity index (χ1v) is 13.0. The number of benzene rings is 1. The van der Waals surface area contributed by atoms with Crippen LogP contribution in [0.1, 0.15) is 56.3 Å².